The molecule has 2 heterocycles. The first-order valence-electron chi connectivity index (χ1n) is 6.11. The van der Waals surface area contributed by atoms with E-state index < -0.39 is 0 Å². The molecular weight excluding hydrogens is 242 g/mol. The molecule has 102 valence electrons. The number of aryl methyl sites for hydroxylation is 1. The molecule has 0 radical (unpaired) electrons. The largest absolute Gasteiger partial charge is 0.496 e. The molecule has 0 fully saturated rings. The van der Waals surface area contributed by atoms with E-state index in [0.29, 0.717) is 6.42 Å². The van der Waals surface area contributed by atoms with Gasteiger partial charge in [-0.15, -0.1) is 0 Å². The fourth-order valence-corrected chi connectivity index (χ4v) is 2.17. The SMILES string of the molecule is COc1c(C)cnc(CC(NN)c2ncc[nH]2)c1C. The number of ether oxygens (including phenoxy) is 1. The Morgan fingerprint density at radius 1 is 1.42 bits per heavy atom. The molecule has 0 saturated carbocycles. The summed E-state index contributed by atoms with van der Waals surface area (Å²) in [6.07, 6.45) is 5.94. The second-order valence-corrected chi connectivity index (χ2v) is 4.44. The minimum absolute atomic E-state index is 0.103. The zero-order valence-electron chi connectivity index (χ0n) is 11.4. The highest BCUT2D eigenvalue weighted by molar-refractivity contribution is 5.41. The fourth-order valence-electron chi connectivity index (χ4n) is 2.17. The van der Waals surface area contributed by atoms with Crippen LogP contribution in [0.3, 0.4) is 0 Å². The molecular formula is C13H19N5O. The van der Waals surface area contributed by atoms with Gasteiger partial charge in [-0.2, -0.15) is 0 Å². The predicted molar refractivity (Wildman–Crippen MR) is 72.6 cm³/mol. The van der Waals surface area contributed by atoms with Crippen LogP contribution in [0.5, 0.6) is 5.75 Å². The Kier molecular flexibility index (Phi) is 4.13. The van der Waals surface area contributed by atoms with Crippen molar-refractivity contribution in [2.45, 2.75) is 26.3 Å². The summed E-state index contributed by atoms with van der Waals surface area (Å²) >= 11 is 0. The second kappa shape index (κ2) is 5.81. The van der Waals surface area contributed by atoms with Gasteiger partial charge in [-0.25, -0.2) is 10.4 Å². The molecule has 19 heavy (non-hydrogen) atoms. The van der Waals surface area contributed by atoms with Gasteiger partial charge in [0.25, 0.3) is 0 Å². The first-order chi connectivity index (χ1) is 9.17. The van der Waals surface area contributed by atoms with Crippen molar-refractivity contribution in [1.29, 1.82) is 0 Å². The summed E-state index contributed by atoms with van der Waals surface area (Å²) in [6.45, 7) is 3.98. The van der Waals surface area contributed by atoms with Crippen molar-refractivity contribution >= 4 is 0 Å². The molecule has 0 saturated heterocycles. The van der Waals surface area contributed by atoms with E-state index in [1.807, 2.05) is 20.0 Å². The number of hydrogen-bond acceptors (Lipinski definition) is 5. The minimum atomic E-state index is -0.103. The number of methoxy groups -OCH3 is 1. The third-order valence-electron chi connectivity index (χ3n) is 3.20. The highest BCUT2D eigenvalue weighted by Gasteiger charge is 2.17. The first-order valence-corrected chi connectivity index (χ1v) is 6.11. The van der Waals surface area contributed by atoms with Crippen molar-refractivity contribution in [3.05, 3.63) is 41.2 Å². The average molecular weight is 261 g/mol. The number of H-pyrrole nitrogens is 1. The third kappa shape index (κ3) is 2.74. The van der Waals surface area contributed by atoms with Crippen LogP contribution in [0.1, 0.15) is 28.7 Å². The zero-order valence-corrected chi connectivity index (χ0v) is 11.4. The Hall–Kier alpha value is -1.92. The maximum atomic E-state index is 5.59. The van der Waals surface area contributed by atoms with Crippen molar-refractivity contribution in [1.82, 2.24) is 20.4 Å². The molecule has 0 spiro atoms. The zero-order chi connectivity index (χ0) is 13.8. The maximum absolute atomic E-state index is 5.59. The molecule has 2 aromatic heterocycles. The van der Waals surface area contributed by atoms with Gasteiger partial charge in [0.1, 0.15) is 11.6 Å². The number of pyridine rings is 1. The lowest BCUT2D eigenvalue weighted by molar-refractivity contribution is 0.406. The molecule has 0 aliphatic heterocycles. The van der Waals surface area contributed by atoms with Gasteiger partial charge >= 0.3 is 0 Å². The monoisotopic (exact) mass is 261 g/mol. The lowest BCUT2D eigenvalue weighted by Crippen LogP contribution is -2.30. The van der Waals surface area contributed by atoms with Crippen LogP contribution < -0.4 is 16.0 Å². The number of nitrogens with one attached hydrogen (secondary N) is 2. The third-order valence-corrected chi connectivity index (χ3v) is 3.20. The number of rotatable bonds is 5. The van der Waals surface area contributed by atoms with Crippen LogP contribution in [0, 0.1) is 13.8 Å². The molecule has 0 aliphatic carbocycles. The Morgan fingerprint density at radius 3 is 2.79 bits per heavy atom. The van der Waals surface area contributed by atoms with Gasteiger partial charge in [-0.3, -0.25) is 10.8 Å². The highest BCUT2D eigenvalue weighted by atomic mass is 16.5. The van der Waals surface area contributed by atoms with Crippen molar-refractivity contribution < 1.29 is 4.74 Å². The molecule has 1 atom stereocenters. The van der Waals surface area contributed by atoms with Crippen molar-refractivity contribution in [2.24, 2.45) is 5.84 Å². The van der Waals surface area contributed by atoms with Gasteiger partial charge in [-0.05, 0) is 13.8 Å². The summed E-state index contributed by atoms with van der Waals surface area (Å²) in [7, 11) is 1.67. The molecule has 0 aromatic carbocycles. The Labute approximate surface area is 112 Å². The second-order valence-electron chi connectivity index (χ2n) is 4.44. The number of imidazole rings is 1. The maximum Gasteiger partial charge on any atom is 0.128 e. The van der Waals surface area contributed by atoms with E-state index >= 15 is 0 Å². The van der Waals surface area contributed by atoms with Crippen molar-refractivity contribution in [2.75, 3.05) is 7.11 Å². The average Bonchev–Trinajstić information content (AvgIpc) is 2.92. The molecule has 4 N–H and O–H groups in total. The first kappa shape index (κ1) is 13.5. The lowest BCUT2D eigenvalue weighted by atomic mass is 10.0. The summed E-state index contributed by atoms with van der Waals surface area (Å²) in [6, 6.07) is -0.103. The summed E-state index contributed by atoms with van der Waals surface area (Å²) in [5.41, 5.74) is 5.77. The number of nitrogens with zero attached hydrogens (tertiary/aromatic N) is 2. The standard InChI is InChI=1S/C13H19N5O/c1-8-7-17-10(9(2)12(8)19-3)6-11(18-14)13-15-4-5-16-13/h4-5,7,11,18H,6,14H2,1-3H3,(H,15,16). The molecule has 2 aromatic rings. The fraction of sp³-hybridized carbons (Fsp3) is 0.385. The number of aromatic amines is 1. The van der Waals surface area contributed by atoms with E-state index in [4.69, 9.17) is 10.6 Å². The van der Waals surface area contributed by atoms with Gasteiger partial charge in [0, 0.05) is 41.8 Å². The van der Waals surface area contributed by atoms with Gasteiger partial charge in [0.15, 0.2) is 0 Å². The Balaban J connectivity index is 2.28. The van der Waals surface area contributed by atoms with Crippen molar-refractivity contribution in [3.63, 3.8) is 0 Å². The van der Waals surface area contributed by atoms with E-state index in [0.717, 1.165) is 28.4 Å². The molecule has 0 bridgehead atoms. The van der Waals surface area contributed by atoms with Gasteiger partial charge in [-0.1, -0.05) is 0 Å². The quantitative estimate of drug-likeness (QED) is 0.555. The predicted octanol–water partition coefficient (Wildman–Crippen LogP) is 1.18. The summed E-state index contributed by atoms with van der Waals surface area (Å²) in [4.78, 5) is 11.7. The molecule has 6 heteroatoms. The van der Waals surface area contributed by atoms with Crippen LogP contribution in [0.25, 0.3) is 0 Å². The number of aromatic nitrogens is 3. The number of hydrazine groups is 1. The van der Waals surface area contributed by atoms with Crippen LogP contribution in [0.15, 0.2) is 18.6 Å². The van der Waals surface area contributed by atoms with E-state index in [1.54, 1.807) is 19.5 Å². The van der Waals surface area contributed by atoms with Crippen LogP contribution >= 0.6 is 0 Å². The smallest absolute Gasteiger partial charge is 0.128 e. The minimum Gasteiger partial charge on any atom is -0.496 e. The van der Waals surface area contributed by atoms with Crippen LogP contribution in [0.2, 0.25) is 0 Å². The topological polar surface area (TPSA) is 88.8 Å². The van der Waals surface area contributed by atoms with Crippen LogP contribution in [-0.2, 0) is 6.42 Å². The van der Waals surface area contributed by atoms with Gasteiger partial charge in [0.05, 0.1) is 13.2 Å². The number of hydrogen-bond donors (Lipinski definition) is 3. The van der Waals surface area contributed by atoms with E-state index in [-0.39, 0.29) is 6.04 Å². The van der Waals surface area contributed by atoms with Gasteiger partial charge in [0.2, 0.25) is 0 Å². The Bertz CT molecular complexity index is 538. The molecule has 2 rings (SSSR count). The summed E-state index contributed by atoms with van der Waals surface area (Å²) < 4.78 is 5.41. The van der Waals surface area contributed by atoms with E-state index in [9.17, 15) is 0 Å². The van der Waals surface area contributed by atoms with Crippen LogP contribution in [0.4, 0.5) is 0 Å². The number of nitrogens with two attached hydrogens (primary N) is 1. The molecule has 0 aliphatic rings. The van der Waals surface area contributed by atoms with Crippen molar-refractivity contribution in [3.8, 4) is 5.75 Å². The summed E-state index contributed by atoms with van der Waals surface area (Å²) in [5, 5.41) is 0. The molecule has 0 amide bonds. The normalized spacial score (nSPS) is 12.4. The lowest BCUT2D eigenvalue weighted by Gasteiger charge is -2.16. The molecule has 1 unspecified atom stereocenters. The van der Waals surface area contributed by atoms with E-state index in [1.165, 1.54) is 0 Å². The van der Waals surface area contributed by atoms with Crippen LogP contribution in [-0.4, -0.2) is 22.1 Å². The van der Waals surface area contributed by atoms with Gasteiger partial charge < -0.3 is 9.72 Å². The Morgan fingerprint density at radius 2 is 2.21 bits per heavy atom. The molecule has 6 nitrogen and oxygen atoms in total. The van der Waals surface area contributed by atoms with E-state index in [2.05, 4.69) is 20.4 Å². The highest BCUT2D eigenvalue weighted by Crippen LogP contribution is 2.26. The summed E-state index contributed by atoms with van der Waals surface area (Å²) in [5.74, 6) is 7.26.